The van der Waals surface area contributed by atoms with Crippen LogP contribution in [-0.4, -0.2) is 23.5 Å². The zero-order chi connectivity index (χ0) is 22.4. The fourth-order valence-corrected chi connectivity index (χ4v) is 4.64. The molecule has 3 aromatic rings. The number of primary amides is 1. The van der Waals surface area contributed by atoms with Crippen molar-refractivity contribution in [2.45, 2.75) is 20.3 Å². The third-order valence-corrected chi connectivity index (χ3v) is 6.00. The summed E-state index contributed by atoms with van der Waals surface area (Å²) in [7, 11) is 0. The Morgan fingerprint density at radius 2 is 1.77 bits per heavy atom. The number of amides is 2. The first-order chi connectivity index (χ1) is 14.9. The molecule has 0 bridgehead atoms. The first-order valence-corrected chi connectivity index (χ1v) is 10.9. The van der Waals surface area contributed by atoms with Crippen LogP contribution >= 0.6 is 23.6 Å². The predicted molar refractivity (Wildman–Crippen MR) is 128 cm³/mol. The van der Waals surface area contributed by atoms with Gasteiger partial charge in [0.1, 0.15) is 10.8 Å². The standard InChI is InChI=1S/C23H23N3O3S2/c1-3-29-17-12-8-7-11-16(17)21(28)25-23(30)26-22-19(20(24)27)14(2)18(31-22)13-15-9-5-4-6-10-15/h4-12H,3,13H2,1-2H3,(H2,24,27)(H2,25,26,28,30). The van der Waals surface area contributed by atoms with Gasteiger partial charge in [0.05, 0.1) is 17.7 Å². The van der Waals surface area contributed by atoms with E-state index < -0.39 is 11.8 Å². The van der Waals surface area contributed by atoms with Gasteiger partial charge in [0, 0.05) is 11.3 Å². The molecule has 3 rings (SSSR count). The lowest BCUT2D eigenvalue weighted by atomic mass is 10.1. The highest BCUT2D eigenvalue weighted by Crippen LogP contribution is 2.34. The highest BCUT2D eigenvalue weighted by Gasteiger charge is 2.21. The fourth-order valence-electron chi connectivity index (χ4n) is 3.14. The molecule has 2 amide bonds. The molecule has 0 fully saturated rings. The summed E-state index contributed by atoms with van der Waals surface area (Å²) < 4.78 is 5.50. The molecule has 0 saturated heterocycles. The van der Waals surface area contributed by atoms with Crippen molar-refractivity contribution in [2.75, 3.05) is 11.9 Å². The smallest absolute Gasteiger partial charge is 0.261 e. The van der Waals surface area contributed by atoms with Crippen LogP contribution in [0.4, 0.5) is 5.00 Å². The normalized spacial score (nSPS) is 10.4. The molecule has 0 aliphatic heterocycles. The van der Waals surface area contributed by atoms with E-state index in [2.05, 4.69) is 10.6 Å². The number of nitrogens with one attached hydrogen (secondary N) is 2. The highest BCUT2D eigenvalue weighted by molar-refractivity contribution is 7.80. The second kappa shape index (κ2) is 10.2. The van der Waals surface area contributed by atoms with Crippen molar-refractivity contribution >= 4 is 45.5 Å². The van der Waals surface area contributed by atoms with E-state index in [-0.39, 0.29) is 5.11 Å². The van der Waals surface area contributed by atoms with Gasteiger partial charge in [-0.05, 0) is 49.3 Å². The van der Waals surface area contributed by atoms with E-state index in [1.807, 2.05) is 44.2 Å². The summed E-state index contributed by atoms with van der Waals surface area (Å²) in [5, 5.41) is 6.20. The Kier molecular flexibility index (Phi) is 7.38. The maximum Gasteiger partial charge on any atom is 0.261 e. The minimum atomic E-state index is -0.550. The van der Waals surface area contributed by atoms with E-state index >= 15 is 0 Å². The van der Waals surface area contributed by atoms with Crippen molar-refractivity contribution < 1.29 is 14.3 Å². The van der Waals surface area contributed by atoms with Crippen LogP contribution in [0.3, 0.4) is 0 Å². The molecule has 160 valence electrons. The predicted octanol–water partition coefficient (Wildman–Crippen LogP) is 4.27. The van der Waals surface area contributed by atoms with Crippen LogP contribution in [0.2, 0.25) is 0 Å². The fraction of sp³-hybridized carbons (Fsp3) is 0.174. The monoisotopic (exact) mass is 453 g/mol. The molecule has 0 aliphatic rings. The summed E-state index contributed by atoms with van der Waals surface area (Å²) in [5.41, 5.74) is 8.30. The van der Waals surface area contributed by atoms with Gasteiger partial charge in [0.2, 0.25) is 0 Å². The molecular weight excluding hydrogens is 430 g/mol. The second-order valence-electron chi connectivity index (χ2n) is 6.72. The zero-order valence-corrected chi connectivity index (χ0v) is 18.9. The maximum absolute atomic E-state index is 12.7. The molecule has 8 heteroatoms. The van der Waals surface area contributed by atoms with Gasteiger partial charge in [0.25, 0.3) is 11.8 Å². The zero-order valence-electron chi connectivity index (χ0n) is 17.2. The van der Waals surface area contributed by atoms with Crippen LogP contribution in [0.5, 0.6) is 5.75 Å². The number of hydrogen-bond acceptors (Lipinski definition) is 5. The molecular formula is C23H23N3O3S2. The lowest BCUT2D eigenvalue weighted by Crippen LogP contribution is -2.34. The molecule has 1 aromatic heterocycles. The second-order valence-corrected chi connectivity index (χ2v) is 8.23. The number of carbonyl (C=O) groups excluding carboxylic acids is 2. The van der Waals surface area contributed by atoms with Crippen molar-refractivity contribution in [3.05, 3.63) is 81.7 Å². The molecule has 0 saturated carbocycles. The van der Waals surface area contributed by atoms with E-state index in [1.54, 1.807) is 24.3 Å². The van der Waals surface area contributed by atoms with Crippen molar-refractivity contribution in [1.82, 2.24) is 5.32 Å². The third-order valence-electron chi connectivity index (χ3n) is 4.59. The number of anilines is 1. The number of ether oxygens (including phenoxy) is 1. The van der Waals surface area contributed by atoms with Crippen molar-refractivity contribution in [3.63, 3.8) is 0 Å². The number of carbonyl (C=O) groups is 2. The number of benzene rings is 2. The molecule has 0 spiro atoms. The molecule has 6 nitrogen and oxygen atoms in total. The summed E-state index contributed by atoms with van der Waals surface area (Å²) >= 11 is 6.72. The van der Waals surface area contributed by atoms with E-state index in [4.69, 9.17) is 22.7 Å². The van der Waals surface area contributed by atoms with Gasteiger partial charge >= 0.3 is 0 Å². The van der Waals surface area contributed by atoms with Crippen molar-refractivity contribution in [1.29, 1.82) is 0 Å². The Bertz CT molecular complexity index is 1110. The average Bonchev–Trinajstić information content (AvgIpc) is 3.04. The summed E-state index contributed by atoms with van der Waals surface area (Å²) in [5.74, 6) is -0.480. The van der Waals surface area contributed by atoms with Crippen LogP contribution in [0, 0.1) is 6.92 Å². The van der Waals surface area contributed by atoms with E-state index in [1.165, 1.54) is 11.3 Å². The molecule has 4 N–H and O–H groups in total. The van der Waals surface area contributed by atoms with Crippen LogP contribution in [0.25, 0.3) is 0 Å². The number of rotatable bonds is 7. The Balaban J connectivity index is 1.78. The van der Waals surface area contributed by atoms with Gasteiger partial charge in [-0.2, -0.15) is 0 Å². The lowest BCUT2D eigenvalue weighted by Gasteiger charge is -2.12. The van der Waals surface area contributed by atoms with E-state index in [0.717, 1.165) is 16.0 Å². The maximum atomic E-state index is 12.7. The summed E-state index contributed by atoms with van der Waals surface area (Å²) in [6, 6.07) is 16.9. The van der Waals surface area contributed by atoms with Gasteiger partial charge in [-0.1, -0.05) is 42.5 Å². The van der Waals surface area contributed by atoms with Crippen LogP contribution < -0.4 is 21.1 Å². The number of para-hydroxylation sites is 1. The summed E-state index contributed by atoms with van der Waals surface area (Å²) in [4.78, 5) is 25.8. The Morgan fingerprint density at radius 3 is 2.45 bits per heavy atom. The van der Waals surface area contributed by atoms with Gasteiger partial charge in [-0.15, -0.1) is 11.3 Å². The van der Waals surface area contributed by atoms with Gasteiger partial charge in [-0.3, -0.25) is 14.9 Å². The Labute approximate surface area is 190 Å². The first kappa shape index (κ1) is 22.5. The molecule has 31 heavy (non-hydrogen) atoms. The summed E-state index contributed by atoms with van der Waals surface area (Å²) in [6.07, 6.45) is 0.667. The number of thiocarbonyl (C=S) groups is 1. The van der Waals surface area contributed by atoms with Gasteiger partial charge in [-0.25, -0.2) is 0 Å². The minimum Gasteiger partial charge on any atom is -0.493 e. The van der Waals surface area contributed by atoms with Crippen LogP contribution in [0.15, 0.2) is 54.6 Å². The number of thiophene rings is 1. The quantitative estimate of drug-likeness (QED) is 0.465. The number of hydrogen-bond donors (Lipinski definition) is 3. The minimum absolute atomic E-state index is 0.0753. The van der Waals surface area contributed by atoms with Gasteiger partial charge in [0.15, 0.2) is 5.11 Å². The topological polar surface area (TPSA) is 93.4 Å². The summed E-state index contributed by atoms with van der Waals surface area (Å²) in [6.45, 7) is 4.14. The highest BCUT2D eigenvalue weighted by atomic mass is 32.1. The lowest BCUT2D eigenvalue weighted by molar-refractivity contribution is 0.0972. The van der Waals surface area contributed by atoms with E-state index in [9.17, 15) is 9.59 Å². The third kappa shape index (κ3) is 5.48. The molecule has 0 unspecified atom stereocenters. The van der Waals surface area contributed by atoms with Crippen LogP contribution in [0.1, 0.15) is 43.6 Å². The van der Waals surface area contributed by atoms with Crippen molar-refractivity contribution in [3.8, 4) is 5.75 Å². The molecule has 0 aliphatic carbocycles. The van der Waals surface area contributed by atoms with Crippen molar-refractivity contribution in [2.24, 2.45) is 5.73 Å². The van der Waals surface area contributed by atoms with E-state index in [0.29, 0.717) is 34.9 Å². The first-order valence-electron chi connectivity index (χ1n) is 9.70. The Morgan fingerprint density at radius 1 is 1.10 bits per heavy atom. The van der Waals surface area contributed by atoms with Crippen LogP contribution in [-0.2, 0) is 6.42 Å². The largest absolute Gasteiger partial charge is 0.493 e. The molecule has 0 radical (unpaired) electrons. The SMILES string of the molecule is CCOc1ccccc1C(=O)NC(=S)Nc1sc(Cc2ccccc2)c(C)c1C(N)=O. The Hall–Kier alpha value is -3.23. The number of nitrogens with two attached hydrogens (primary N) is 1. The molecule has 1 heterocycles. The average molecular weight is 454 g/mol. The molecule has 2 aromatic carbocycles. The van der Waals surface area contributed by atoms with Gasteiger partial charge < -0.3 is 15.8 Å². The molecule has 0 atom stereocenters.